The van der Waals surface area contributed by atoms with Crippen molar-refractivity contribution in [2.75, 3.05) is 20.8 Å². The highest BCUT2D eigenvalue weighted by Crippen LogP contribution is 2.27. The molecule has 17 heavy (non-hydrogen) atoms. The lowest BCUT2D eigenvalue weighted by molar-refractivity contribution is 0.0639. The Morgan fingerprint density at radius 3 is 2.76 bits per heavy atom. The van der Waals surface area contributed by atoms with E-state index in [9.17, 15) is 4.79 Å². The van der Waals surface area contributed by atoms with Crippen LogP contribution in [0.5, 0.6) is 11.5 Å². The second kappa shape index (κ2) is 5.19. The van der Waals surface area contributed by atoms with Gasteiger partial charge in [0.05, 0.1) is 19.8 Å². The minimum absolute atomic E-state index is 0.0294. The van der Waals surface area contributed by atoms with Crippen LogP contribution in [-0.4, -0.2) is 32.7 Å². The summed E-state index contributed by atoms with van der Waals surface area (Å²) in [6, 6.07) is 5.20. The summed E-state index contributed by atoms with van der Waals surface area (Å²) in [6.45, 7) is 0.655. The molecule has 1 aromatic carbocycles. The van der Waals surface area contributed by atoms with Gasteiger partial charge in [0.1, 0.15) is 17.6 Å². The molecule has 1 atom stereocenters. The van der Waals surface area contributed by atoms with Gasteiger partial charge in [-0.15, -0.1) is 0 Å². The number of Topliss-reactive ketones (excluding diaryl/α,β-unsaturated/α-hetero) is 1. The number of methoxy groups -OCH3 is 2. The Morgan fingerprint density at radius 1 is 1.35 bits per heavy atom. The van der Waals surface area contributed by atoms with Gasteiger partial charge in [-0.25, -0.2) is 0 Å². The van der Waals surface area contributed by atoms with E-state index >= 15 is 0 Å². The Morgan fingerprint density at radius 2 is 2.18 bits per heavy atom. The molecule has 2 rings (SSSR count). The van der Waals surface area contributed by atoms with E-state index in [1.807, 2.05) is 0 Å². The van der Waals surface area contributed by atoms with Crippen molar-refractivity contribution in [3.8, 4) is 11.5 Å². The molecule has 0 radical (unpaired) electrons. The van der Waals surface area contributed by atoms with Gasteiger partial charge in [0.15, 0.2) is 5.78 Å². The van der Waals surface area contributed by atoms with Crippen LogP contribution in [0.1, 0.15) is 23.2 Å². The van der Waals surface area contributed by atoms with E-state index in [2.05, 4.69) is 0 Å². The van der Waals surface area contributed by atoms with Crippen molar-refractivity contribution in [2.45, 2.75) is 18.9 Å². The molecule has 4 nitrogen and oxygen atoms in total. The number of hydrogen-bond donors (Lipinski definition) is 0. The number of ketones is 1. The zero-order valence-electron chi connectivity index (χ0n) is 10.1. The van der Waals surface area contributed by atoms with Crippen LogP contribution in [0, 0.1) is 0 Å². The number of benzene rings is 1. The summed E-state index contributed by atoms with van der Waals surface area (Å²) in [5, 5.41) is 0. The average Bonchev–Trinajstić information content (AvgIpc) is 2.91. The predicted molar refractivity (Wildman–Crippen MR) is 62.9 cm³/mol. The molecule has 1 heterocycles. The van der Waals surface area contributed by atoms with Crippen LogP contribution >= 0.6 is 0 Å². The molecule has 0 saturated carbocycles. The van der Waals surface area contributed by atoms with Crippen LogP contribution in [0.3, 0.4) is 0 Å². The molecule has 0 aliphatic carbocycles. The van der Waals surface area contributed by atoms with E-state index in [0.29, 0.717) is 23.7 Å². The van der Waals surface area contributed by atoms with E-state index in [4.69, 9.17) is 14.2 Å². The van der Waals surface area contributed by atoms with Crippen LogP contribution in [0.25, 0.3) is 0 Å². The molecule has 0 bridgehead atoms. The van der Waals surface area contributed by atoms with Gasteiger partial charge in [0, 0.05) is 6.61 Å². The van der Waals surface area contributed by atoms with Gasteiger partial charge in [-0.05, 0) is 31.0 Å². The van der Waals surface area contributed by atoms with E-state index in [0.717, 1.165) is 12.8 Å². The van der Waals surface area contributed by atoms with Crippen molar-refractivity contribution in [1.82, 2.24) is 0 Å². The van der Waals surface area contributed by atoms with Crippen LogP contribution in [-0.2, 0) is 4.74 Å². The molecule has 1 unspecified atom stereocenters. The summed E-state index contributed by atoms with van der Waals surface area (Å²) >= 11 is 0. The van der Waals surface area contributed by atoms with E-state index < -0.39 is 0 Å². The number of rotatable bonds is 4. The van der Waals surface area contributed by atoms with Crippen molar-refractivity contribution < 1.29 is 19.0 Å². The van der Waals surface area contributed by atoms with Crippen LogP contribution in [0.2, 0.25) is 0 Å². The normalized spacial score (nSPS) is 19.1. The zero-order valence-corrected chi connectivity index (χ0v) is 10.1. The molecule has 1 aliphatic heterocycles. The molecule has 92 valence electrons. The number of ether oxygens (including phenoxy) is 3. The summed E-state index contributed by atoms with van der Waals surface area (Å²) in [4.78, 5) is 12.2. The van der Waals surface area contributed by atoms with Gasteiger partial charge in [0.25, 0.3) is 0 Å². The first-order chi connectivity index (χ1) is 8.26. The molecule has 0 N–H and O–H groups in total. The van der Waals surface area contributed by atoms with Crippen LogP contribution in [0.4, 0.5) is 0 Å². The summed E-state index contributed by atoms with van der Waals surface area (Å²) in [5.74, 6) is 1.18. The quantitative estimate of drug-likeness (QED) is 0.751. The van der Waals surface area contributed by atoms with Gasteiger partial charge in [-0.3, -0.25) is 4.79 Å². The van der Waals surface area contributed by atoms with E-state index in [-0.39, 0.29) is 11.9 Å². The third-order valence-electron chi connectivity index (χ3n) is 2.89. The molecular weight excluding hydrogens is 220 g/mol. The third kappa shape index (κ3) is 2.42. The molecular formula is C13H16O4. The van der Waals surface area contributed by atoms with Crippen LogP contribution < -0.4 is 9.47 Å². The standard InChI is InChI=1S/C13H16O4/c1-15-9-5-6-11(16-2)10(8-9)13(14)12-4-3-7-17-12/h5-6,8,12H,3-4,7H2,1-2H3. The second-order valence-corrected chi connectivity index (χ2v) is 3.93. The highest BCUT2D eigenvalue weighted by Gasteiger charge is 2.27. The maximum atomic E-state index is 12.2. The molecule has 1 saturated heterocycles. The zero-order chi connectivity index (χ0) is 12.3. The molecule has 4 heteroatoms. The van der Waals surface area contributed by atoms with Gasteiger partial charge in [0.2, 0.25) is 0 Å². The molecule has 1 aromatic rings. The first kappa shape index (κ1) is 11.9. The Labute approximate surface area is 100 Å². The maximum absolute atomic E-state index is 12.2. The van der Waals surface area contributed by atoms with Crippen LogP contribution in [0.15, 0.2) is 18.2 Å². The van der Waals surface area contributed by atoms with Gasteiger partial charge in [-0.2, -0.15) is 0 Å². The fourth-order valence-corrected chi connectivity index (χ4v) is 1.96. The highest BCUT2D eigenvalue weighted by molar-refractivity contribution is 6.02. The van der Waals surface area contributed by atoms with Gasteiger partial charge in [-0.1, -0.05) is 0 Å². The fourth-order valence-electron chi connectivity index (χ4n) is 1.96. The van der Waals surface area contributed by atoms with Crippen molar-refractivity contribution >= 4 is 5.78 Å². The monoisotopic (exact) mass is 236 g/mol. The summed E-state index contributed by atoms with van der Waals surface area (Å²) in [6.07, 6.45) is 1.37. The third-order valence-corrected chi connectivity index (χ3v) is 2.89. The molecule has 0 amide bonds. The molecule has 0 spiro atoms. The van der Waals surface area contributed by atoms with Crippen molar-refractivity contribution in [2.24, 2.45) is 0 Å². The van der Waals surface area contributed by atoms with Gasteiger partial charge >= 0.3 is 0 Å². The average molecular weight is 236 g/mol. The Hall–Kier alpha value is -1.55. The molecule has 0 aromatic heterocycles. The Bertz CT molecular complexity index is 408. The van der Waals surface area contributed by atoms with Crippen molar-refractivity contribution in [1.29, 1.82) is 0 Å². The molecule has 1 aliphatic rings. The first-order valence-corrected chi connectivity index (χ1v) is 5.64. The highest BCUT2D eigenvalue weighted by atomic mass is 16.5. The SMILES string of the molecule is COc1ccc(OC)c(C(=O)C2CCCO2)c1. The summed E-state index contributed by atoms with van der Waals surface area (Å²) in [7, 11) is 3.12. The van der Waals surface area contributed by atoms with E-state index in [1.54, 1.807) is 32.4 Å². The topological polar surface area (TPSA) is 44.8 Å². The van der Waals surface area contributed by atoms with E-state index in [1.165, 1.54) is 0 Å². The lowest BCUT2D eigenvalue weighted by atomic mass is 10.0. The summed E-state index contributed by atoms with van der Waals surface area (Å²) in [5.41, 5.74) is 0.527. The smallest absolute Gasteiger partial charge is 0.195 e. The Balaban J connectivity index is 2.30. The van der Waals surface area contributed by atoms with Gasteiger partial charge < -0.3 is 14.2 Å². The number of hydrogen-bond acceptors (Lipinski definition) is 4. The minimum atomic E-state index is -0.337. The first-order valence-electron chi connectivity index (χ1n) is 5.64. The lowest BCUT2D eigenvalue weighted by Crippen LogP contribution is -2.20. The maximum Gasteiger partial charge on any atom is 0.195 e. The fraction of sp³-hybridized carbons (Fsp3) is 0.462. The predicted octanol–water partition coefficient (Wildman–Crippen LogP) is 2.07. The number of carbonyl (C=O) groups is 1. The second-order valence-electron chi connectivity index (χ2n) is 3.93. The minimum Gasteiger partial charge on any atom is -0.497 e. The Kier molecular flexibility index (Phi) is 3.64. The largest absolute Gasteiger partial charge is 0.497 e. The number of carbonyl (C=O) groups excluding carboxylic acids is 1. The van der Waals surface area contributed by atoms with Crippen molar-refractivity contribution in [3.63, 3.8) is 0 Å². The lowest BCUT2D eigenvalue weighted by Gasteiger charge is -2.12. The van der Waals surface area contributed by atoms with Crippen molar-refractivity contribution in [3.05, 3.63) is 23.8 Å². The molecule has 1 fully saturated rings. The summed E-state index contributed by atoms with van der Waals surface area (Å²) < 4.78 is 15.7.